The fourth-order valence-electron chi connectivity index (χ4n) is 1.52. The topological polar surface area (TPSA) is 46.1 Å². The van der Waals surface area contributed by atoms with Gasteiger partial charge in [-0.25, -0.2) is 0 Å². The third-order valence-electron chi connectivity index (χ3n) is 2.45. The summed E-state index contributed by atoms with van der Waals surface area (Å²) in [6, 6.07) is 2.24. The Morgan fingerprint density at radius 3 is 2.50 bits per heavy atom. The van der Waals surface area contributed by atoms with Crippen molar-refractivity contribution in [3.05, 3.63) is 23.0 Å². The van der Waals surface area contributed by atoms with Gasteiger partial charge in [0.1, 0.15) is 6.54 Å². The highest BCUT2D eigenvalue weighted by atomic mass is 35.5. The van der Waals surface area contributed by atoms with E-state index in [9.17, 15) is 18.0 Å². The van der Waals surface area contributed by atoms with E-state index in [4.69, 9.17) is 11.6 Å². The van der Waals surface area contributed by atoms with E-state index in [2.05, 4.69) is 10.2 Å². The van der Waals surface area contributed by atoms with E-state index in [0.717, 1.165) is 4.90 Å². The van der Waals surface area contributed by atoms with Crippen LogP contribution < -0.4 is 0 Å². The van der Waals surface area contributed by atoms with Crippen LogP contribution in [0.1, 0.15) is 23.3 Å². The van der Waals surface area contributed by atoms with Crippen LogP contribution >= 0.6 is 11.6 Å². The molecule has 1 saturated carbocycles. The molecule has 0 atom stereocenters. The molecule has 0 unspecified atom stereocenters. The summed E-state index contributed by atoms with van der Waals surface area (Å²) in [5.74, 6) is -0.765. The number of hydrogen-bond acceptors (Lipinski definition) is 3. The van der Waals surface area contributed by atoms with Crippen LogP contribution in [0.4, 0.5) is 13.2 Å². The van der Waals surface area contributed by atoms with Crippen molar-refractivity contribution in [3.8, 4) is 0 Å². The number of aromatic nitrogens is 2. The van der Waals surface area contributed by atoms with Crippen molar-refractivity contribution in [2.45, 2.75) is 25.1 Å². The van der Waals surface area contributed by atoms with E-state index in [1.165, 1.54) is 12.1 Å². The van der Waals surface area contributed by atoms with Crippen LogP contribution in [0, 0.1) is 0 Å². The summed E-state index contributed by atoms with van der Waals surface area (Å²) in [4.78, 5) is 12.7. The number of alkyl halides is 3. The van der Waals surface area contributed by atoms with Crippen molar-refractivity contribution in [1.82, 2.24) is 15.1 Å². The molecule has 1 fully saturated rings. The Morgan fingerprint density at radius 1 is 1.39 bits per heavy atom. The second kappa shape index (κ2) is 4.72. The van der Waals surface area contributed by atoms with Gasteiger partial charge in [0.05, 0.1) is 0 Å². The molecule has 98 valence electrons. The highest BCUT2D eigenvalue weighted by Gasteiger charge is 2.41. The number of amides is 1. The Balaban J connectivity index is 2.15. The van der Waals surface area contributed by atoms with Crippen molar-refractivity contribution >= 4 is 17.5 Å². The molecule has 0 spiro atoms. The molecule has 1 aromatic rings. The first-order valence-corrected chi connectivity index (χ1v) is 5.61. The predicted molar refractivity (Wildman–Crippen MR) is 57.2 cm³/mol. The number of halogens is 4. The highest BCUT2D eigenvalue weighted by molar-refractivity contribution is 6.29. The maximum absolute atomic E-state index is 12.4. The van der Waals surface area contributed by atoms with Gasteiger partial charge in [-0.2, -0.15) is 13.2 Å². The Bertz CT molecular complexity index is 445. The van der Waals surface area contributed by atoms with E-state index in [-0.39, 0.29) is 16.9 Å². The zero-order valence-corrected chi connectivity index (χ0v) is 9.87. The Morgan fingerprint density at radius 2 is 2.06 bits per heavy atom. The molecule has 0 saturated heterocycles. The largest absolute Gasteiger partial charge is 0.406 e. The first-order chi connectivity index (χ1) is 8.37. The highest BCUT2D eigenvalue weighted by Crippen LogP contribution is 2.31. The van der Waals surface area contributed by atoms with Crippen molar-refractivity contribution in [2.75, 3.05) is 6.54 Å². The van der Waals surface area contributed by atoms with Gasteiger partial charge in [0.15, 0.2) is 10.8 Å². The normalized spacial score (nSPS) is 15.6. The number of carbonyl (C=O) groups excluding carboxylic acids is 1. The van der Waals surface area contributed by atoms with Crippen LogP contribution in [0.2, 0.25) is 5.15 Å². The standard InChI is InChI=1S/C10H9ClF3N3O/c11-8-4-3-7(15-16-8)9(18)17(6-1-2-6)5-10(12,13)14/h3-4,6H,1-2,5H2. The minimum atomic E-state index is -4.42. The van der Waals surface area contributed by atoms with Gasteiger partial charge in [-0.3, -0.25) is 4.79 Å². The molecule has 0 aromatic carbocycles. The lowest BCUT2D eigenvalue weighted by molar-refractivity contribution is -0.141. The monoisotopic (exact) mass is 279 g/mol. The van der Waals surface area contributed by atoms with Crippen molar-refractivity contribution < 1.29 is 18.0 Å². The van der Waals surface area contributed by atoms with E-state index >= 15 is 0 Å². The zero-order valence-electron chi connectivity index (χ0n) is 9.12. The molecule has 0 bridgehead atoms. The predicted octanol–water partition coefficient (Wildman–Crippen LogP) is 2.30. The summed E-state index contributed by atoms with van der Waals surface area (Å²) in [5, 5.41) is 7.03. The minimum Gasteiger partial charge on any atom is -0.325 e. The minimum absolute atomic E-state index is 0.0837. The van der Waals surface area contributed by atoms with Crippen molar-refractivity contribution in [2.24, 2.45) is 0 Å². The average Bonchev–Trinajstić information content (AvgIpc) is 3.08. The first kappa shape index (κ1) is 13.1. The average molecular weight is 280 g/mol. The molecule has 0 radical (unpaired) electrons. The molecular formula is C10H9ClF3N3O. The summed E-state index contributed by atoms with van der Waals surface area (Å²) in [6.07, 6.45) is -3.25. The van der Waals surface area contributed by atoms with Gasteiger partial charge in [-0.15, -0.1) is 10.2 Å². The molecule has 1 aromatic heterocycles. The summed E-state index contributed by atoms with van der Waals surface area (Å²) in [7, 11) is 0. The third kappa shape index (κ3) is 3.32. The van der Waals surface area contributed by atoms with E-state index in [1.807, 2.05) is 0 Å². The lowest BCUT2D eigenvalue weighted by Crippen LogP contribution is -2.40. The van der Waals surface area contributed by atoms with Gasteiger partial charge in [0.25, 0.3) is 5.91 Å². The molecule has 1 amide bonds. The smallest absolute Gasteiger partial charge is 0.325 e. The van der Waals surface area contributed by atoms with Crippen LogP contribution in [0.3, 0.4) is 0 Å². The lowest BCUT2D eigenvalue weighted by Gasteiger charge is -2.23. The number of nitrogens with zero attached hydrogens (tertiary/aromatic N) is 3. The maximum atomic E-state index is 12.4. The molecule has 1 heterocycles. The molecule has 8 heteroatoms. The summed E-state index contributed by atoms with van der Waals surface area (Å²) in [5.41, 5.74) is -0.129. The number of hydrogen-bond donors (Lipinski definition) is 0. The maximum Gasteiger partial charge on any atom is 0.406 e. The number of carbonyl (C=O) groups is 1. The molecule has 4 nitrogen and oxygen atoms in total. The van der Waals surface area contributed by atoms with Crippen molar-refractivity contribution in [1.29, 1.82) is 0 Å². The van der Waals surface area contributed by atoms with Gasteiger partial charge in [0.2, 0.25) is 0 Å². The summed E-state index contributed by atoms with van der Waals surface area (Å²) < 4.78 is 37.1. The van der Waals surface area contributed by atoms with Crippen molar-refractivity contribution in [3.63, 3.8) is 0 Å². The van der Waals surface area contributed by atoms with E-state index < -0.39 is 18.6 Å². The van der Waals surface area contributed by atoms with Crippen LogP contribution in [-0.2, 0) is 0 Å². The van der Waals surface area contributed by atoms with Gasteiger partial charge < -0.3 is 4.90 Å². The molecular weight excluding hydrogens is 271 g/mol. The van der Waals surface area contributed by atoms with Crippen LogP contribution in [0.15, 0.2) is 12.1 Å². The first-order valence-electron chi connectivity index (χ1n) is 5.24. The molecule has 0 N–H and O–H groups in total. The SMILES string of the molecule is O=C(c1ccc(Cl)nn1)N(CC(F)(F)F)C1CC1. The Labute approximate surface area is 106 Å². The quantitative estimate of drug-likeness (QED) is 0.853. The van der Waals surface area contributed by atoms with E-state index in [0.29, 0.717) is 12.8 Å². The van der Waals surface area contributed by atoms with Gasteiger partial charge in [-0.1, -0.05) is 11.6 Å². The lowest BCUT2D eigenvalue weighted by atomic mass is 10.3. The number of rotatable bonds is 3. The molecule has 18 heavy (non-hydrogen) atoms. The molecule has 1 aliphatic rings. The van der Waals surface area contributed by atoms with Gasteiger partial charge >= 0.3 is 6.18 Å². The van der Waals surface area contributed by atoms with E-state index in [1.54, 1.807) is 0 Å². The van der Waals surface area contributed by atoms with Crippen LogP contribution in [0.25, 0.3) is 0 Å². The summed E-state index contributed by atoms with van der Waals surface area (Å²) >= 11 is 5.50. The fraction of sp³-hybridized carbons (Fsp3) is 0.500. The Kier molecular flexibility index (Phi) is 3.43. The fourth-order valence-corrected chi connectivity index (χ4v) is 1.62. The van der Waals surface area contributed by atoms with Gasteiger partial charge in [0, 0.05) is 6.04 Å². The molecule has 2 rings (SSSR count). The third-order valence-corrected chi connectivity index (χ3v) is 2.65. The van der Waals surface area contributed by atoms with Crippen LogP contribution in [-0.4, -0.2) is 39.8 Å². The zero-order chi connectivity index (χ0) is 13.3. The molecule has 1 aliphatic carbocycles. The Hall–Kier alpha value is -1.37. The van der Waals surface area contributed by atoms with Gasteiger partial charge in [-0.05, 0) is 25.0 Å². The summed E-state index contributed by atoms with van der Waals surface area (Å²) in [6.45, 7) is -1.26. The van der Waals surface area contributed by atoms with Crippen LogP contribution in [0.5, 0.6) is 0 Å². The second-order valence-electron chi connectivity index (χ2n) is 4.02. The second-order valence-corrected chi connectivity index (χ2v) is 4.41. The molecule has 0 aliphatic heterocycles.